The van der Waals surface area contributed by atoms with Gasteiger partial charge in [0.1, 0.15) is 11.5 Å². The average Bonchev–Trinajstić information content (AvgIpc) is 2.45. The maximum atomic E-state index is 11.3. The van der Waals surface area contributed by atoms with Crippen LogP contribution in [0, 0.1) is 0 Å². The van der Waals surface area contributed by atoms with Gasteiger partial charge < -0.3 is 9.30 Å². The van der Waals surface area contributed by atoms with E-state index in [1.54, 1.807) is 10.8 Å². The minimum atomic E-state index is -0.351. The lowest BCUT2D eigenvalue weighted by molar-refractivity contribution is 0.0589. The van der Waals surface area contributed by atoms with E-state index in [4.69, 9.17) is 0 Å². The maximum absolute atomic E-state index is 11.3. The van der Waals surface area contributed by atoms with Gasteiger partial charge in [0.05, 0.1) is 13.3 Å². The molecule has 0 aliphatic rings. The SMILES string of the molecule is COC(=O)c1cnc(C(C)(C)C)n1C. The van der Waals surface area contributed by atoms with Crippen LogP contribution in [0.5, 0.6) is 0 Å². The fourth-order valence-electron chi connectivity index (χ4n) is 1.40. The standard InChI is InChI=1S/C10H16N2O2/c1-10(2,3)9-11-6-7(12(9)4)8(13)14-5/h6H,1-5H3. The van der Waals surface area contributed by atoms with Crippen molar-refractivity contribution in [2.75, 3.05) is 7.11 Å². The number of carbonyl (C=O) groups excluding carboxylic acids is 1. The number of nitrogens with zero attached hydrogens (tertiary/aromatic N) is 2. The van der Waals surface area contributed by atoms with Crippen LogP contribution in [0.25, 0.3) is 0 Å². The van der Waals surface area contributed by atoms with Crippen molar-refractivity contribution in [3.05, 3.63) is 17.7 Å². The smallest absolute Gasteiger partial charge is 0.356 e. The molecule has 0 aliphatic carbocycles. The van der Waals surface area contributed by atoms with Crippen molar-refractivity contribution in [1.82, 2.24) is 9.55 Å². The molecule has 0 fully saturated rings. The summed E-state index contributed by atoms with van der Waals surface area (Å²) in [6, 6.07) is 0. The minimum absolute atomic E-state index is 0.0684. The number of methoxy groups -OCH3 is 1. The summed E-state index contributed by atoms with van der Waals surface area (Å²) in [5.74, 6) is 0.522. The molecule has 0 saturated carbocycles. The third-order valence-corrected chi connectivity index (χ3v) is 2.05. The van der Waals surface area contributed by atoms with E-state index >= 15 is 0 Å². The van der Waals surface area contributed by atoms with Crippen molar-refractivity contribution in [2.24, 2.45) is 7.05 Å². The molecule has 1 aromatic heterocycles. The Bertz CT molecular complexity index is 347. The summed E-state index contributed by atoms with van der Waals surface area (Å²) in [6.07, 6.45) is 1.55. The highest BCUT2D eigenvalue weighted by Crippen LogP contribution is 2.21. The Balaban J connectivity index is 3.15. The second kappa shape index (κ2) is 3.44. The molecule has 1 aromatic rings. The van der Waals surface area contributed by atoms with Crippen LogP contribution >= 0.6 is 0 Å². The van der Waals surface area contributed by atoms with Gasteiger partial charge in [0, 0.05) is 12.5 Å². The van der Waals surface area contributed by atoms with E-state index in [1.807, 2.05) is 7.05 Å². The zero-order chi connectivity index (χ0) is 10.9. The first-order chi connectivity index (χ1) is 6.38. The number of carbonyl (C=O) groups is 1. The molecule has 0 amide bonds. The quantitative estimate of drug-likeness (QED) is 0.639. The average molecular weight is 196 g/mol. The molecule has 0 radical (unpaired) electrons. The summed E-state index contributed by atoms with van der Waals surface area (Å²) >= 11 is 0. The van der Waals surface area contributed by atoms with Gasteiger partial charge in [-0.05, 0) is 0 Å². The predicted molar refractivity (Wildman–Crippen MR) is 53.2 cm³/mol. The summed E-state index contributed by atoms with van der Waals surface area (Å²) in [4.78, 5) is 15.5. The van der Waals surface area contributed by atoms with Crippen molar-refractivity contribution >= 4 is 5.97 Å². The molecule has 4 heteroatoms. The highest BCUT2D eigenvalue weighted by molar-refractivity contribution is 5.87. The van der Waals surface area contributed by atoms with Crippen LogP contribution in [0.15, 0.2) is 6.20 Å². The Labute approximate surface area is 83.9 Å². The van der Waals surface area contributed by atoms with Gasteiger partial charge in [0.15, 0.2) is 0 Å². The summed E-state index contributed by atoms with van der Waals surface area (Å²) in [6.45, 7) is 6.16. The van der Waals surface area contributed by atoms with Crippen molar-refractivity contribution in [3.63, 3.8) is 0 Å². The van der Waals surface area contributed by atoms with Gasteiger partial charge in [-0.15, -0.1) is 0 Å². The van der Waals surface area contributed by atoms with Crippen LogP contribution in [0.3, 0.4) is 0 Å². The topological polar surface area (TPSA) is 44.1 Å². The fraction of sp³-hybridized carbons (Fsp3) is 0.600. The van der Waals surface area contributed by atoms with Crippen LogP contribution in [0.1, 0.15) is 37.1 Å². The molecular weight excluding hydrogens is 180 g/mol. The molecule has 0 bridgehead atoms. The summed E-state index contributed by atoms with van der Waals surface area (Å²) < 4.78 is 6.41. The van der Waals surface area contributed by atoms with Gasteiger partial charge in [-0.25, -0.2) is 9.78 Å². The van der Waals surface area contributed by atoms with E-state index in [1.165, 1.54) is 7.11 Å². The van der Waals surface area contributed by atoms with Crippen LogP contribution in [-0.4, -0.2) is 22.6 Å². The molecule has 0 unspecified atom stereocenters. The van der Waals surface area contributed by atoms with E-state index in [0.717, 1.165) is 5.82 Å². The number of hydrogen-bond acceptors (Lipinski definition) is 3. The van der Waals surface area contributed by atoms with Crippen LogP contribution < -0.4 is 0 Å². The van der Waals surface area contributed by atoms with Crippen molar-refractivity contribution < 1.29 is 9.53 Å². The van der Waals surface area contributed by atoms with Crippen molar-refractivity contribution in [2.45, 2.75) is 26.2 Å². The lowest BCUT2D eigenvalue weighted by atomic mass is 9.96. The molecule has 78 valence electrons. The maximum Gasteiger partial charge on any atom is 0.356 e. The molecular formula is C10H16N2O2. The lowest BCUT2D eigenvalue weighted by Gasteiger charge is -2.18. The first kappa shape index (κ1) is 10.8. The molecule has 1 heterocycles. The largest absolute Gasteiger partial charge is 0.464 e. The second-order valence-corrected chi connectivity index (χ2v) is 4.27. The van der Waals surface area contributed by atoms with Gasteiger partial charge in [-0.1, -0.05) is 20.8 Å². The fourth-order valence-corrected chi connectivity index (χ4v) is 1.40. The summed E-state index contributed by atoms with van der Waals surface area (Å²) in [7, 11) is 3.19. The monoisotopic (exact) mass is 196 g/mol. The molecule has 1 rings (SSSR count). The number of hydrogen-bond donors (Lipinski definition) is 0. The van der Waals surface area contributed by atoms with E-state index in [-0.39, 0.29) is 11.4 Å². The van der Waals surface area contributed by atoms with Gasteiger partial charge in [-0.2, -0.15) is 0 Å². The Morgan fingerprint density at radius 2 is 2.07 bits per heavy atom. The first-order valence-corrected chi connectivity index (χ1v) is 4.48. The lowest BCUT2D eigenvalue weighted by Crippen LogP contribution is -2.19. The van der Waals surface area contributed by atoms with E-state index in [0.29, 0.717) is 5.69 Å². The Morgan fingerprint density at radius 3 is 2.43 bits per heavy atom. The summed E-state index contributed by atoms with van der Waals surface area (Å²) in [5, 5.41) is 0. The van der Waals surface area contributed by atoms with E-state index in [2.05, 4.69) is 30.5 Å². The molecule has 0 aliphatic heterocycles. The predicted octanol–water partition coefficient (Wildman–Crippen LogP) is 1.50. The molecule has 14 heavy (non-hydrogen) atoms. The Hall–Kier alpha value is -1.32. The normalized spacial score (nSPS) is 11.5. The number of imidazole rings is 1. The number of esters is 1. The first-order valence-electron chi connectivity index (χ1n) is 4.48. The van der Waals surface area contributed by atoms with Gasteiger partial charge in [0.25, 0.3) is 0 Å². The second-order valence-electron chi connectivity index (χ2n) is 4.27. The molecule has 4 nitrogen and oxygen atoms in total. The number of rotatable bonds is 1. The highest BCUT2D eigenvalue weighted by Gasteiger charge is 2.23. The minimum Gasteiger partial charge on any atom is -0.464 e. The zero-order valence-corrected chi connectivity index (χ0v) is 9.29. The Morgan fingerprint density at radius 1 is 1.50 bits per heavy atom. The molecule has 0 saturated heterocycles. The third kappa shape index (κ3) is 1.78. The van der Waals surface area contributed by atoms with Crippen LogP contribution in [-0.2, 0) is 17.2 Å². The number of aromatic nitrogens is 2. The summed E-state index contributed by atoms with van der Waals surface area (Å²) in [5.41, 5.74) is 0.415. The van der Waals surface area contributed by atoms with Crippen molar-refractivity contribution in [1.29, 1.82) is 0 Å². The molecule has 0 N–H and O–H groups in total. The van der Waals surface area contributed by atoms with Gasteiger partial charge >= 0.3 is 5.97 Å². The zero-order valence-electron chi connectivity index (χ0n) is 9.29. The molecule has 0 atom stereocenters. The van der Waals surface area contributed by atoms with Crippen molar-refractivity contribution in [3.8, 4) is 0 Å². The van der Waals surface area contributed by atoms with Crippen LogP contribution in [0.4, 0.5) is 0 Å². The van der Waals surface area contributed by atoms with E-state index < -0.39 is 0 Å². The van der Waals surface area contributed by atoms with Crippen LogP contribution in [0.2, 0.25) is 0 Å². The number of ether oxygens (including phenoxy) is 1. The Kier molecular flexibility index (Phi) is 2.64. The van der Waals surface area contributed by atoms with Gasteiger partial charge in [0.2, 0.25) is 0 Å². The van der Waals surface area contributed by atoms with Gasteiger partial charge in [-0.3, -0.25) is 0 Å². The van der Waals surface area contributed by atoms with E-state index in [9.17, 15) is 4.79 Å². The third-order valence-electron chi connectivity index (χ3n) is 2.05. The molecule has 0 aromatic carbocycles. The highest BCUT2D eigenvalue weighted by atomic mass is 16.5. The molecule has 0 spiro atoms.